The van der Waals surface area contributed by atoms with E-state index in [1.165, 1.54) is 17.7 Å². The van der Waals surface area contributed by atoms with Crippen LogP contribution in [0.1, 0.15) is 16.0 Å². The van der Waals surface area contributed by atoms with Crippen molar-refractivity contribution in [2.45, 2.75) is 11.2 Å². The summed E-state index contributed by atoms with van der Waals surface area (Å²) in [6.07, 6.45) is 0.786. The number of benzene rings is 2. The smallest absolute Gasteiger partial charge is 0.258 e. The molecule has 0 saturated carbocycles. The molecule has 0 aromatic heterocycles. The largest absolute Gasteiger partial charge is 0.269 e. The van der Waals surface area contributed by atoms with Crippen LogP contribution >= 0.6 is 31.9 Å². The molecule has 0 spiro atoms. The minimum Gasteiger partial charge on any atom is -0.258 e. The molecule has 5 heteroatoms. The highest BCUT2D eigenvalue weighted by atomic mass is 79.9. The van der Waals surface area contributed by atoms with Crippen LogP contribution in [0.15, 0.2) is 53.0 Å². The van der Waals surface area contributed by atoms with E-state index in [1.807, 2.05) is 12.1 Å². The predicted octanol–water partition coefficient (Wildman–Crippen LogP) is 5.04. The van der Waals surface area contributed by atoms with Crippen LogP contribution in [-0.4, -0.2) is 4.92 Å². The molecule has 1 unspecified atom stereocenters. The van der Waals surface area contributed by atoms with Gasteiger partial charge in [0.25, 0.3) is 5.69 Å². The number of alkyl halides is 1. The second-order valence-corrected chi connectivity index (χ2v) is 6.17. The summed E-state index contributed by atoms with van der Waals surface area (Å²) in [7, 11) is 0. The molecule has 0 N–H and O–H groups in total. The highest BCUT2D eigenvalue weighted by molar-refractivity contribution is 9.10. The van der Waals surface area contributed by atoms with Crippen LogP contribution in [-0.2, 0) is 6.42 Å². The lowest BCUT2D eigenvalue weighted by atomic mass is 10.0. The summed E-state index contributed by atoms with van der Waals surface area (Å²) in [5.41, 5.74) is 2.36. The van der Waals surface area contributed by atoms with Crippen LogP contribution in [0.5, 0.6) is 0 Å². The molecule has 0 amide bonds. The van der Waals surface area contributed by atoms with Crippen molar-refractivity contribution in [3.05, 3.63) is 74.2 Å². The average molecular weight is 385 g/mol. The van der Waals surface area contributed by atoms with Gasteiger partial charge >= 0.3 is 0 Å². The van der Waals surface area contributed by atoms with Gasteiger partial charge in [-0.3, -0.25) is 10.1 Å². The molecule has 0 aliphatic rings. The van der Waals surface area contributed by atoms with E-state index in [0.29, 0.717) is 0 Å². The molecule has 0 radical (unpaired) electrons. The molecule has 2 aromatic carbocycles. The maximum Gasteiger partial charge on any atom is 0.269 e. The molecule has 0 saturated heterocycles. The van der Waals surface area contributed by atoms with Crippen molar-refractivity contribution < 1.29 is 4.92 Å². The van der Waals surface area contributed by atoms with Gasteiger partial charge in [0.1, 0.15) is 0 Å². The maximum absolute atomic E-state index is 10.6. The molecular formula is C14H11Br2NO2. The number of hydrogen-bond acceptors (Lipinski definition) is 2. The standard InChI is InChI=1S/C14H11Br2NO2/c15-12-3-1-2-11(9-12)14(16)8-10-4-6-13(7-5-10)17(18)19/h1-7,9,14H,8H2. The summed E-state index contributed by atoms with van der Waals surface area (Å²) in [6.45, 7) is 0. The Kier molecular flexibility index (Phi) is 4.71. The van der Waals surface area contributed by atoms with E-state index in [4.69, 9.17) is 0 Å². The van der Waals surface area contributed by atoms with Gasteiger partial charge in [-0.05, 0) is 29.7 Å². The van der Waals surface area contributed by atoms with E-state index in [9.17, 15) is 10.1 Å². The molecule has 98 valence electrons. The SMILES string of the molecule is O=[N+]([O-])c1ccc(CC(Br)c2cccc(Br)c2)cc1. The van der Waals surface area contributed by atoms with Crippen LogP contribution in [0.3, 0.4) is 0 Å². The first kappa shape index (κ1) is 14.2. The maximum atomic E-state index is 10.6. The van der Waals surface area contributed by atoms with Crippen molar-refractivity contribution in [2.75, 3.05) is 0 Å². The monoisotopic (exact) mass is 383 g/mol. The quantitative estimate of drug-likeness (QED) is 0.421. The van der Waals surface area contributed by atoms with Crippen molar-refractivity contribution in [2.24, 2.45) is 0 Å². The van der Waals surface area contributed by atoms with E-state index < -0.39 is 0 Å². The number of halogens is 2. The Morgan fingerprint density at radius 2 is 1.84 bits per heavy atom. The highest BCUT2D eigenvalue weighted by Crippen LogP contribution is 2.29. The second-order valence-electron chi connectivity index (χ2n) is 4.15. The Labute approximate surface area is 128 Å². The number of hydrogen-bond donors (Lipinski definition) is 0. The summed E-state index contributed by atoms with van der Waals surface area (Å²) in [5.74, 6) is 0. The number of nitrogens with zero attached hydrogens (tertiary/aromatic N) is 1. The van der Waals surface area contributed by atoms with Gasteiger partial charge in [0.2, 0.25) is 0 Å². The van der Waals surface area contributed by atoms with Crippen LogP contribution in [0.2, 0.25) is 0 Å². The van der Waals surface area contributed by atoms with Gasteiger partial charge in [-0.2, -0.15) is 0 Å². The Balaban J connectivity index is 2.10. The van der Waals surface area contributed by atoms with Crippen molar-refractivity contribution >= 4 is 37.5 Å². The minimum atomic E-state index is -0.385. The lowest BCUT2D eigenvalue weighted by Gasteiger charge is -2.10. The predicted molar refractivity (Wildman–Crippen MR) is 82.6 cm³/mol. The normalized spacial score (nSPS) is 12.1. The van der Waals surface area contributed by atoms with Crippen molar-refractivity contribution in [1.82, 2.24) is 0 Å². The molecule has 0 aliphatic heterocycles. The van der Waals surface area contributed by atoms with Crippen molar-refractivity contribution in [3.63, 3.8) is 0 Å². The molecule has 2 aromatic rings. The number of non-ortho nitro benzene ring substituents is 1. The topological polar surface area (TPSA) is 43.1 Å². The van der Waals surface area contributed by atoms with Gasteiger partial charge < -0.3 is 0 Å². The van der Waals surface area contributed by atoms with Gasteiger partial charge in [0.05, 0.1) is 4.92 Å². The number of nitro benzene ring substituents is 1. The van der Waals surface area contributed by atoms with E-state index >= 15 is 0 Å². The third-order valence-corrected chi connectivity index (χ3v) is 4.12. The molecule has 19 heavy (non-hydrogen) atoms. The first-order valence-corrected chi connectivity index (χ1v) is 7.40. The van der Waals surface area contributed by atoms with E-state index in [0.717, 1.165) is 16.5 Å². The van der Waals surface area contributed by atoms with Crippen LogP contribution in [0.25, 0.3) is 0 Å². The minimum absolute atomic E-state index is 0.123. The molecule has 2 rings (SSSR count). The molecule has 0 bridgehead atoms. The van der Waals surface area contributed by atoms with Gasteiger partial charge in [0.15, 0.2) is 0 Å². The van der Waals surface area contributed by atoms with E-state index in [2.05, 4.69) is 44.0 Å². The first-order valence-electron chi connectivity index (χ1n) is 5.69. The third-order valence-electron chi connectivity index (χ3n) is 2.77. The van der Waals surface area contributed by atoms with Gasteiger partial charge in [0, 0.05) is 21.4 Å². The summed E-state index contributed by atoms with van der Waals surface area (Å²) in [6, 6.07) is 14.7. The van der Waals surface area contributed by atoms with Crippen LogP contribution < -0.4 is 0 Å². The first-order chi connectivity index (χ1) is 9.06. The summed E-state index contributed by atoms with van der Waals surface area (Å²) in [4.78, 5) is 10.4. The fourth-order valence-electron chi connectivity index (χ4n) is 1.78. The third kappa shape index (κ3) is 3.88. The summed E-state index contributed by atoms with van der Waals surface area (Å²) in [5, 5.41) is 10.6. The fourth-order valence-corrected chi connectivity index (χ4v) is 2.86. The zero-order valence-electron chi connectivity index (χ0n) is 9.92. The fraction of sp³-hybridized carbons (Fsp3) is 0.143. The van der Waals surface area contributed by atoms with Crippen molar-refractivity contribution in [1.29, 1.82) is 0 Å². The highest BCUT2D eigenvalue weighted by Gasteiger charge is 2.10. The molecule has 1 atom stereocenters. The summed E-state index contributed by atoms with van der Waals surface area (Å²) < 4.78 is 1.04. The molecule has 0 aliphatic carbocycles. The van der Waals surface area contributed by atoms with Crippen LogP contribution in [0, 0.1) is 10.1 Å². The molecule has 0 heterocycles. The van der Waals surface area contributed by atoms with E-state index in [-0.39, 0.29) is 15.4 Å². The zero-order chi connectivity index (χ0) is 13.8. The second kappa shape index (κ2) is 6.30. The Hall–Kier alpha value is -1.20. The Morgan fingerprint density at radius 3 is 2.42 bits per heavy atom. The number of nitro groups is 1. The molecular weight excluding hydrogens is 374 g/mol. The van der Waals surface area contributed by atoms with Crippen LogP contribution in [0.4, 0.5) is 5.69 Å². The van der Waals surface area contributed by atoms with Crippen molar-refractivity contribution in [3.8, 4) is 0 Å². The average Bonchev–Trinajstić information content (AvgIpc) is 2.39. The lowest BCUT2D eigenvalue weighted by molar-refractivity contribution is -0.384. The molecule has 0 fully saturated rings. The zero-order valence-corrected chi connectivity index (χ0v) is 13.1. The summed E-state index contributed by atoms with van der Waals surface area (Å²) >= 11 is 7.10. The van der Waals surface area contributed by atoms with Gasteiger partial charge in [-0.1, -0.05) is 56.1 Å². The van der Waals surface area contributed by atoms with Gasteiger partial charge in [-0.25, -0.2) is 0 Å². The number of rotatable bonds is 4. The van der Waals surface area contributed by atoms with Gasteiger partial charge in [-0.15, -0.1) is 0 Å². The molecule has 3 nitrogen and oxygen atoms in total. The lowest BCUT2D eigenvalue weighted by Crippen LogP contribution is -1.96. The Morgan fingerprint density at radius 1 is 1.16 bits per heavy atom. The Bertz CT molecular complexity index is 584. The van der Waals surface area contributed by atoms with E-state index in [1.54, 1.807) is 12.1 Å².